The summed E-state index contributed by atoms with van der Waals surface area (Å²) in [4.78, 5) is 21.4. The van der Waals surface area contributed by atoms with Gasteiger partial charge in [0.05, 0.1) is 13.2 Å². The zero-order valence-corrected chi connectivity index (χ0v) is 15.8. The van der Waals surface area contributed by atoms with E-state index in [1.54, 1.807) is 0 Å². The number of ether oxygens (including phenoxy) is 1. The molecule has 0 aromatic heterocycles. The van der Waals surface area contributed by atoms with E-state index < -0.39 is 0 Å². The molecule has 3 aliphatic rings. The van der Waals surface area contributed by atoms with Crippen LogP contribution in [0.2, 0.25) is 0 Å². The van der Waals surface area contributed by atoms with Crippen LogP contribution < -0.4 is 0 Å². The van der Waals surface area contributed by atoms with Gasteiger partial charge in [0.25, 0.3) is 0 Å². The van der Waals surface area contributed by atoms with Crippen LogP contribution in [0.3, 0.4) is 0 Å². The molecule has 3 aliphatic heterocycles. The number of piperidine rings is 1. The summed E-state index contributed by atoms with van der Waals surface area (Å²) < 4.78 is 5.81. The Morgan fingerprint density at radius 3 is 2.32 bits per heavy atom. The SMILES string of the molecule is CCN1CCN(CCN2CC3(CCN([C@@H](C)CO)CC3)OC2=O)CC1. The highest BCUT2D eigenvalue weighted by molar-refractivity contribution is 5.70. The van der Waals surface area contributed by atoms with Crippen molar-refractivity contribution >= 4 is 6.09 Å². The number of piperazine rings is 1. The Hall–Kier alpha value is -0.890. The van der Waals surface area contributed by atoms with Crippen molar-refractivity contribution in [3.05, 3.63) is 0 Å². The van der Waals surface area contributed by atoms with E-state index in [0.29, 0.717) is 0 Å². The predicted molar refractivity (Wildman–Crippen MR) is 96.7 cm³/mol. The Bertz CT molecular complexity index is 446. The maximum absolute atomic E-state index is 12.3. The molecule has 0 saturated carbocycles. The third kappa shape index (κ3) is 4.45. The van der Waals surface area contributed by atoms with E-state index in [0.717, 1.165) is 78.3 Å². The van der Waals surface area contributed by atoms with Crippen molar-refractivity contribution in [2.45, 2.75) is 38.3 Å². The maximum atomic E-state index is 12.3. The molecule has 3 rings (SSSR count). The van der Waals surface area contributed by atoms with Crippen LogP contribution in [-0.4, -0.2) is 114 Å². The molecule has 1 atom stereocenters. The van der Waals surface area contributed by atoms with E-state index in [1.165, 1.54) is 0 Å². The second-order valence-corrected chi connectivity index (χ2v) is 7.82. The lowest BCUT2D eigenvalue weighted by atomic mass is 9.90. The fourth-order valence-electron chi connectivity index (χ4n) is 4.20. The third-order valence-electron chi connectivity index (χ3n) is 6.24. The summed E-state index contributed by atoms with van der Waals surface area (Å²) in [5.74, 6) is 0. The molecule has 0 aromatic carbocycles. The van der Waals surface area contributed by atoms with Gasteiger partial charge in [0.15, 0.2) is 0 Å². The summed E-state index contributed by atoms with van der Waals surface area (Å²) in [6.07, 6.45) is 1.60. The van der Waals surface area contributed by atoms with Crippen LogP contribution in [0.4, 0.5) is 4.79 Å². The molecule has 0 radical (unpaired) electrons. The molecule has 3 fully saturated rings. The minimum Gasteiger partial charge on any atom is -0.441 e. The van der Waals surface area contributed by atoms with Gasteiger partial charge in [-0.05, 0) is 13.5 Å². The van der Waals surface area contributed by atoms with E-state index in [1.807, 2.05) is 11.8 Å². The largest absolute Gasteiger partial charge is 0.441 e. The van der Waals surface area contributed by atoms with Crippen molar-refractivity contribution in [2.75, 3.05) is 72.1 Å². The van der Waals surface area contributed by atoms with Gasteiger partial charge >= 0.3 is 6.09 Å². The number of hydrogen-bond donors (Lipinski definition) is 1. The van der Waals surface area contributed by atoms with Gasteiger partial charge in [0.2, 0.25) is 0 Å². The summed E-state index contributed by atoms with van der Waals surface area (Å²) in [7, 11) is 0. The van der Waals surface area contributed by atoms with Crippen molar-refractivity contribution in [3.63, 3.8) is 0 Å². The first kappa shape index (κ1) is 18.9. The lowest BCUT2D eigenvalue weighted by Crippen LogP contribution is -2.51. The zero-order chi connectivity index (χ0) is 17.9. The second kappa shape index (κ2) is 8.20. The maximum Gasteiger partial charge on any atom is 0.410 e. The highest BCUT2D eigenvalue weighted by Crippen LogP contribution is 2.33. The molecule has 3 saturated heterocycles. The number of aliphatic hydroxyl groups excluding tert-OH is 1. The molecule has 0 bridgehead atoms. The Kier molecular flexibility index (Phi) is 6.20. The lowest BCUT2D eigenvalue weighted by molar-refractivity contribution is -0.0145. The van der Waals surface area contributed by atoms with Crippen LogP contribution in [0.15, 0.2) is 0 Å². The normalized spacial score (nSPS) is 27.0. The number of amides is 1. The van der Waals surface area contributed by atoms with Crippen LogP contribution in [0.25, 0.3) is 0 Å². The van der Waals surface area contributed by atoms with Gasteiger partial charge in [-0.2, -0.15) is 0 Å². The molecule has 3 heterocycles. The van der Waals surface area contributed by atoms with Crippen LogP contribution >= 0.6 is 0 Å². The zero-order valence-electron chi connectivity index (χ0n) is 15.8. The smallest absolute Gasteiger partial charge is 0.410 e. The minimum atomic E-state index is -0.302. The van der Waals surface area contributed by atoms with Crippen molar-refractivity contribution in [3.8, 4) is 0 Å². The molecule has 0 unspecified atom stereocenters. The van der Waals surface area contributed by atoms with Crippen molar-refractivity contribution in [2.24, 2.45) is 0 Å². The van der Waals surface area contributed by atoms with E-state index in [9.17, 15) is 9.90 Å². The number of nitrogens with zero attached hydrogens (tertiary/aromatic N) is 4. The highest BCUT2D eigenvalue weighted by atomic mass is 16.6. The molecule has 0 aromatic rings. The molecule has 7 nitrogen and oxygen atoms in total. The first-order valence-corrected chi connectivity index (χ1v) is 9.83. The van der Waals surface area contributed by atoms with Crippen LogP contribution in [0, 0.1) is 0 Å². The topological polar surface area (TPSA) is 59.5 Å². The first-order valence-electron chi connectivity index (χ1n) is 9.83. The van der Waals surface area contributed by atoms with Gasteiger partial charge in [-0.1, -0.05) is 6.92 Å². The monoisotopic (exact) mass is 354 g/mol. The van der Waals surface area contributed by atoms with Gasteiger partial charge in [-0.3, -0.25) is 9.80 Å². The highest BCUT2D eigenvalue weighted by Gasteiger charge is 2.47. The average molecular weight is 354 g/mol. The second-order valence-electron chi connectivity index (χ2n) is 7.82. The Morgan fingerprint density at radius 2 is 1.72 bits per heavy atom. The van der Waals surface area contributed by atoms with Crippen LogP contribution in [0.5, 0.6) is 0 Å². The van der Waals surface area contributed by atoms with E-state index >= 15 is 0 Å². The standard InChI is InChI=1S/C18H34N4O3/c1-3-19-8-10-20(11-9-19)12-13-22-15-18(25-17(22)24)4-6-21(7-5-18)16(2)14-23/h16,23H,3-15H2,1-2H3/t16-/m0/s1. The number of hydrogen-bond acceptors (Lipinski definition) is 6. The van der Waals surface area contributed by atoms with E-state index in [-0.39, 0.29) is 24.3 Å². The predicted octanol–water partition coefficient (Wildman–Crippen LogP) is 0.292. The summed E-state index contributed by atoms with van der Waals surface area (Å²) in [5.41, 5.74) is -0.302. The van der Waals surface area contributed by atoms with E-state index in [4.69, 9.17) is 4.74 Å². The van der Waals surface area contributed by atoms with Gasteiger partial charge in [-0.15, -0.1) is 0 Å². The van der Waals surface area contributed by atoms with Crippen LogP contribution in [0.1, 0.15) is 26.7 Å². The molecule has 7 heteroatoms. The Labute approximate surface area is 151 Å². The van der Waals surface area contributed by atoms with Gasteiger partial charge in [0, 0.05) is 71.2 Å². The summed E-state index contributed by atoms with van der Waals surface area (Å²) in [6.45, 7) is 14.2. The number of likely N-dealkylation sites (tertiary alicyclic amines) is 1. The molecular weight excluding hydrogens is 320 g/mol. The van der Waals surface area contributed by atoms with Gasteiger partial charge < -0.3 is 19.6 Å². The number of rotatable bonds is 6. The molecule has 25 heavy (non-hydrogen) atoms. The average Bonchev–Trinajstić information content (AvgIpc) is 2.95. The molecule has 1 N–H and O–H groups in total. The molecule has 1 spiro atoms. The van der Waals surface area contributed by atoms with E-state index in [2.05, 4.69) is 21.6 Å². The van der Waals surface area contributed by atoms with Gasteiger partial charge in [0.1, 0.15) is 5.60 Å². The summed E-state index contributed by atoms with van der Waals surface area (Å²) in [6, 6.07) is 0.187. The fourth-order valence-corrected chi connectivity index (χ4v) is 4.20. The number of carbonyl (C=O) groups is 1. The van der Waals surface area contributed by atoms with Crippen molar-refractivity contribution in [1.82, 2.24) is 19.6 Å². The summed E-state index contributed by atoms with van der Waals surface area (Å²) >= 11 is 0. The molecular formula is C18H34N4O3. The molecule has 144 valence electrons. The minimum absolute atomic E-state index is 0.143. The van der Waals surface area contributed by atoms with Crippen molar-refractivity contribution in [1.29, 1.82) is 0 Å². The Balaban J connectivity index is 1.44. The quantitative estimate of drug-likeness (QED) is 0.740. The van der Waals surface area contributed by atoms with Gasteiger partial charge in [-0.25, -0.2) is 4.79 Å². The Morgan fingerprint density at radius 1 is 1.08 bits per heavy atom. The number of carbonyl (C=O) groups excluding carboxylic acids is 1. The fraction of sp³-hybridized carbons (Fsp3) is 0.944. The van der Waals surface area contributed by atoms with Crippen molar-refractivity contribution < 1.29 is 14.6 Å². The summed E-state index contributed by atoms with van der Waals surface area (Å²) in [5, 5.41) is 9.31. The first-order chi connectivity index (χ1) is 12.0. The number of aliphatic hydroxyl groups is 1. The molecule has 0 aliphatic carbocycles. The third-order valence-corrected chi connectivity index (χ3v) is 6.24. The van der Waals surface area contributed by atoms with Crippen LogP contribution in [-0.2, 0) is 4.74 Å². The number of likely N-dealkylation sites (N-methyl/N-ethyl adjacent to an activating group) is 1. The molecule has 1 amide bonds. The lowest BCUT2D eigenvalue weighted by Gasteiger charge is -2.39.